The summed E-state index contributed by atoms with van der Waals surface area (Å²) in [5.41, 5.74) is 1.02. The second kappa shape index (κ2) is 7.39. The van der Waals surface area contributed by atoms with E-state index in [2.05, 4.69) is 29.5 Å². The molecule has 1 atom stereocenters. The van der Waals surface area contributed by atoms with E-state index in [0.717, 1.165) is 12.2 Å². The number of hydrogen-bond acceptors (Lipinski definition) is 3. The standard InChI is InChI=1S/C12H24N4/c1-4-5-6-7-8-11(2)13-9-12-10-16(3)15-14-12/h10-11,13H,4-9H2,1-3H3. The zero-order valence-corrected chi connectivity index (χ0v) is 10.7. The molecule has 1 aromatic rings. The largest absolute Gasteiger partial charge is 0.309 e. The van der Waals surface area contributed by atoms with Gasteiger partial charge in [-0.05, 0) is 13.3 Å². The summed E-state index contributed by atoms with van der Waals surface area (Å²) in [6.07, 6.45) is 8.55. The molecule has 1 rings (SSSR count). The van der Waals surface area contributed by atoms with E-state index in [-0.39, 0.29) is 0 Å². The third-order valence-electron chi connectivity index (χ3n) is 2.77. The van der Waals surface area contributed by atoms with Crippen LogP contribution in [0.1, 0.15) is 51.6 Å². The van der Waals surface area contributed by atoms with Gasteiger partial charge in [-0.15, -0.1) is 5.10 Å². The van der Waals surface area contributed by atoms with Crippen LogP contribution in [-0.2, 0) is 13.6 Å². The van der Waals surface area contributed by atoms with Crippen molar-refractivity contribution < 1.29 is 0 Å². The van der Waals surface area contributed by atoms with Crippen LogP contribution in [0, 0.1) is 0 Å². The maximum Gasteiger partial charge on any atom is 0.0964 e. The number of unbranched alkanes of at least 4 members (excludes halogenated alkanes) is 3. The highest BCUT2D eigenvalue weighted by molar-refractivity contribution is 4.91. The highest BCUT2D eigenvalue weighted by atomic mass is 15.4. The van der Waals surface area contributed by atoms with Gasteiger partial charge in [0.05, 0.1) is 5.69 Å². The van der Waals surface area contributed by atoms with Crippen molar-refractivity contribution in [2.75, 3.05) is 0 Å². The van der Waals surface area contributed by atoms with Crippen LogP contribution in [-0.4, -0.2) is 21.0 Å². The Kier molecular flexibility index (Phi) is 6.08. The molecule has 0 radical (unpaired) electrons. The van der Waals surface area contributed by atoms with Gasteiger partial charge in [-0.3, -0.25) is 4.68 Å². The van der Waals surface area contributed by atoms with Crippen molar-refractivity contribution in [3.05, 3.63) is 11.9 Å². The maximum absolute atomic E-state index is 4.05. The van der Waals surface area contributed by atoms with Gasteiger partial charge in [0, 0.05) is 25.8 Å². The summed E-state index contributed by atoms with van der Waals surface area (Å²) in [5.74, 6) is 0. The minimum atomic E-state index is 0.568. The molecule has 16 heavy (non-hydrogen) atoms. The van der Waals surface area contributed by atoms with Crippen LogP contribution in [0.3, 0.4) is 0 Å². The second-order valence-corrected chi connectivity index (χ2v) is 4.51. The molecule has 0 fully saturated rings. The van der Waals surface area contributed by atoms with Crippen molar-refractivity contribution >= 4 is 0 Å². The van der Waals surface area contributed by atoms with Crippen LogP contribution in [0.5, 0.6) is 0 Å². The molecule has 0 spiro atoms. The Balaban J connectivity index is 2.08. The predicted octanol–water partition coefficient (Wildman–Crippen LogP) is 2.26. The number of aromatic nitrogens is 3. The lowest BCUT2D eigenvalue weighted by atomic mass is 10.1. The molecule has 4 nitrogen and oxygen atoms in total. The maximum atomic E-state index is 4.05. The topological polar surface area (TPSA) is 42.7 Å². The van der Waals surface area contributed by atoms with Gasteiger partial charge < -0.3 is 5.32 Å². The van der Waals surface area contributed by atoms with Gasteiger partial charge in [0.25, 0.3) is 0 Å². The van der Waals surface area contributed by atoms with Gasteiger partial charge in [-0.2, -0.15) is 0 Å². The molecule has 0 amide bonds. The minimum Gasteiger partial charge on any atom is -0.309 e. The summed E-state index contributed by atoms with van der Waals surface area (Å²) in [6, 6.07) is 0.568. The van der Waals surface area contributed by atoms with Crippen molar-refractivity contribution in [2.24, 2.45) is 7.05 Å². The molecule has 1 heterocycles. The molecule has 0 aliphatic heterocycles. The zero-order chi connectivity index (χ0) is 11.8. The number of nitrogens with zero attached hydrogens (tertiary/aromatic N) is 3. The van der Waals surface area contributed by atoms with Crippen LogP contribution in [0.25, 0.3) is 0 Å². The van der Waals surface area contributed by atoms with Crippen molar-refractivity contribution in [2.45, 2.75) is 58.5 Å². The van der Waals surface area contributed by atoms with E-state index in [1.54, 1.807) is 4.68 Å². The molecule has 0 aliphatic carbocycles. The third kappa shape index (κ3) is 5.26. The molecular weight excluding hydrogens is 200 g/mol. The first kappa shape index (κ1) is 13.2. The van der Waals surface area contributed by atoms with Crippen molar-refractivity contribution in [3.8, 4) is 0 Å². The Labute approximate surface area is 98.4 Å². The number of rotatable bonds is 8. The van der Waals surface area contributed by atoms with Gasteiger partial charge in [-0.1, -0.05) is 37.8 Å². The molecule has 0 saturated heterocycles. The third-order valence-corrected chi connectivity index (χ3v) is 2.77. The Bertz CT molecular complexity index is 282. The van der Waals surface area contributed by atoms with E-state index in [1.807, 2.05) is 13.2 Å². The summed E-state index contributed by atoms with van der Waals surface area (Å²) in [6.45, 7) is 5.31. The van der Waals surface area contributed by atoms with Crippen molar-refractivity contribution in [1.82, 2.24) is 20.3 Å². The molecule has 4 heteroatoms. The van der Waals surface area contributed by atoms with Crippen molar-refractivity contribution in [3.63, 3.8) is 0 Å². The smallest absolute Gasteiger partial charge is 0.0964 e. The Morgan fingerprint density at radius 3 is 2.81 bits per heavy atom. The van der Waals surface area contributed by atoms with Gasteiger partial charge in [0.15, 0.2) is 0 Å². The van der Waals surface area contributed by atoms with Crippen LogP contribution >= 0.6 is 0 Å². The molecule has 0 bridgehead atoms. The van der Waals surface area contributed by atoms with E-state index in [1.165, 1.54) is 32.1 Å². The fraction of sp³-hybridized carbons (Fsp3) is 0.833. The number of nitrogens with one attached hydrogen (secondary N) is 1. The zero-order valence-electron chi connectivity index (χ0n) is 10.7. The summed E-state index contributed by atoms with van der Waals surface area (Å²) in [4.78, 5) is 0. The first-order valence-corrected chi connectivity index (χ1v) is 6.31. The molecule has 1 aromatic heterocycles. The van der Waals surface area contributed by atoms with Crippen LogP contribution < -0.4 is 5.32 Å². The summed E-state index contributed by atoms with van der Waals surface area (Å²) in [7, 11) is 1.89. The molecule has 1 unspecified atom stereocenters. The first-order chi connectivity index (χ1) is 7.72. The van der Waals surface area contributed by atoms with Crippen molar-refractivity contribution in [1.29, 1.82) is 0 Å². The van der Waals surface area contributed by atoms with E-state index < -0.39 is 0 Å². The molecular formula is C12H24N4. The van der Waals surface area contributed by atoms with Crippen LogP contribution in [0.2, 0.25) is 0 Å². The Morgan fingerprint density at radius 1 is 1.38 bits per heavy atom. The average Bonchev–Trinajstić information content (AvgIpc) is 2.68. The lowest BCUT2D eigenvalue weighted by Gasteiger charge is -2.12. The van der Waals surface area contributed by atoms with Crippen LogP contribution in [0.4, 0.5) is 0 Å². The first-order valence-electron chi connectivity index (χ1n) is 6.31. The number of aryl methyl sites for hydroxylation is 1. The van der Waals surface area contributed by atoms with E-state index in [0.29, 0.717) is 6.04 Å². The summed E-state index contributed by atoms with van der Waals surface area (Å²) >= 11 is 0. The minimum absolute atomic E-state index is 0.568. The Hall–Kier alpha value is -0.900. The van der Waals surface area contributed by atoms with E-state index >= 15 is 0 Å². The molecule has 0 aromatic carbocycles. The SMILES string of the molecule is CCCCCCC(C)NCc1cn(C)nn1. The normalized spacial score (nSPS) is 12.9. The van der Waals surface area contributed by atoms with E-state index in [9.17, 15) is 0 Å². The Morgan fingerprint density at radius 2 is 2.19 bits per heavy atom. The van der Waals surface area contributed by atoms with Gasteiger partial charge >= 0.3 is 0 Å². The second-order valence-electron chi connectivity index (χ2n) is 4.51. The fourth-order valence-corrected chi connectivity index (χ4v) is 1.73. The average molecular weight is 224 g/mol. The molecule has 0 aliphatic rings. The van der Waals surface area contributed by atoms with Crippen LogP contribution in [0.15, 0.2) is 6.20 Å². The number of hydrogen-bond donors (Lipinski definition) is 1. The van der Waals surface area contributed by atoms with Gasteiger partial charge in [0.1, 0.15) is 0 Å². The fourth-order valence-electron chi connectivity index (χ4n) is 1.73. The quantitative estimate of drug-likeness (QED) is 0.689. The highest BCUT2D eigenvalue weighted by Gasteiger charge is 2.03. The van der Waals surface area contributed by atoms with E-state index in [4.69, 9.17) is 0 Å². The summed E-state index contributed by atoms with van der Waals surface area (Å²) < 4.78 is 1.74. The molecule has 1 N–H and O–H groups in total. The lowest BCUT2D eigenvalue weighted by Crippen LogP contribution is -2.25. The monoisotopic (exact) mass is 224 g/mol. The lowest BCUT2D eigenvalue weighted by molar-refractivity contribution is 0.479. The predicted molar refractivity (Wildman–Crippen MR) is 66.1 cm³/mol. The molecule has 92 valence electrons. The summed E-state index contributed by atoms with van der Waals surface area (Å²) in [5, 5.41) is 11.4. The van der Waals surface area contributed by atoms with Gasteiger partial charge in [0.2, 0.25) is 0 Å². The highest BCUT2D eigenvalue weighted by Crippen LogP contribution is 2.05. The molecule has 0 saturated carbocycles. The van der Waals surface area contributed by atoms with Gasteiger partial charge in [-0.25, -0.2) is 0 Å².